The van der Waals surface area contributed by atoms with Crippen LogP contribution < -0.4 is 9.47 Å². The molecular formula is C26H31N3O5. The van der Waals surface area contributed by atoms with Gasteiger partial charge in [0.1, 0.15) is 17.1 Å². The van der Waals surface area contributed by atoms with E-state index >= 15 is 0 Å². The number of hydrogen-bond donors (Lipinski definition) is 2. The number of aromatic nitrogens is 2. The first-order valence-electron chi connectivity index (χ1n) is 11.7. The SMILES string of the molecule is CCCCOc1ccc([C@@H]2c3c(-c4ccccc4O)n[nH]c3C(=O)N2CCOC)cc1OCC. The number of benzene rings is 2. The molecule has 2 N–H and O–H groups in total. The van der Waals surface area contributed by atoms with Crippen LogP contribution in [0.1, 0.15) is 54.3 Å². The Bertz CT molecular complexity index is 1140. The average molecular weight is 466 g/mol. The molecule has 3 aromatic rings. The minimum atomic E-state index is -0.421. The molecule has 0 unspecified atom stereocenters. The number of methoxy groups -OCH3 is 1. The Morgan fingerprint density at radius 3 is 2.65 bits per heavy atom. The maximum atomic E-state index is 13.3. The number of phenols is 1. The van der Waals surface area contributed by atoms with Crippen LogP contribution in [0.25, 0.3) is 11.3 Å². The highest BCUT2D eigenvalue weighted by Gasteiger charge is 2.42. The Kier molecular flexibility index (Phi) is 7.37. The van der Waals surface area contributed by atoms with E-state index in [0.717, 1.165) is 24.0 Å². The van der Waals surface area contributed by atoms with Crippen LogP contribution in [0.3, 0.4) is 0 Å². The Balaban J connectivity index is 1.81. The van der Waals surface area contributed by atoms with Gasteiger partial charge in [0, 0.05) is 24.8 Å². The second-order valence-corrected chi connectivity index (χ2v) is 8.11. The monoisotopic (exact) mass is 465 g/mol. The summed E-state index contributed by atoms with van der Waals surface area (Å²) in [4.78, 5) is 15.1. The first kappa shape index (κ1) is 23.6. The summed E-state index contributed by atoms with van der Waals surface area (Å²) >= 11 is 0. The molecule has 0 bridgehead atoms. The second kappa shape index (κ2) is 10.6. The number of carbonyl (C=O) groups is 1. The van der Waals surface area contributed by atoms with E-state index in [2.05, 4.69) is 17.1 Å². The van der Waals surface area contributed by atoms with E-state index in [-0.39, 0.29) is 11.7 Å². The summed E-state index contributed by atoms with van der Waals surface area (Å²) in [6.45, 7) is 5.94. The number of amides is 1. The summed E-state index contributed by atoms with van der Waals surface area (Å²) in [5.74, 6) is 1.26. The third-order valence-corrected chi connectivity index (χ3v) is 5.90. The first-order chi connectivity index (χ1) is 16.6. The van der Waals surface area contributed by atoms with E-state index in [1.807, 2.05) is 31.2 Å². The fraction of sp³-hybridized carbons (Fsp3) is 0.385. The van der Waals surface area contributed by atoms with Crippen molar-refractivity contribution in [2.24, 2.45) is 0 Å². The molecule has 2 aromatic carbocycles. The number of nitrogens with zero attached hydrogens (tertiary/aromatic N) is 2. The number of ether oxygens (including phenoxy) is 3. The van der Waals surface area contributed by atoms with E-state index in [1.165, 1.54) is 0 Å². The number of para-hydroxylation sites is 1. The first-order valence-corrected chi connectivity index (χ1v) is 11.7. The summed E-state index contributed by atoms with van der Waals surface area (Å²) < 4.78 is 17.1. The van der Waals surface area contributed by atoms with Crippen LogP contribution >= 0.6 is 0 Å². The molecule has 0 radical (unpaired) electrons. The van der Waals surface area contributed by atoms with Crippen LogP contribution in [0.15, 0.2) is 42.5 Å². The molecule has 8 heteroatoms. The quantitative estimate of drug-likeness (QED) is 0.403. The van der Waals surface area contributed by atoms with E-state index in [1.54, 1.807) is 30.2 Å². The lowest BCUT2D eigenvalue weighted by Crippen LogP contribution is -2.32. The van der Waals surface area contributed by atoms with Crippen LogP contribution in [0.4, 0.5) is 0 Å². The van der Waals surface area contributed by atoms with Crippen molar-refractivity contribution < 1.29 is 24.1 Å². The molecule has 180 valence electrons. The molecule has 0 saturated carbocycles. The number of aromatic hydroxyl groups is 1. The van der Waals surface area contributed by atoms with Gasteiger partial charge >= 0.3 is 0 Å². The summed E-state index contributed by atoms with van der Waals surface area (Å²) in [7, 11) is 1.61. The minimum Gasteiger partial charge on any atom is -0.507 e. The zero-order valence-electron chi connectivity index (χ0n) is 19.8. The van der Waals surface area contributed by atoms with E-state index in [0.29, 0.717) is 54.8 Å². The fourth-order valence-corrected chi connectivity index (χ4v) is 4.25. The number of hydrogen-bond acceptors (Lipinski definition) is 6. The smallest absolute Gasteiger partial charge is 0.273 e. The van der Waals surface area contributed by atoms with Crippen molar-refractivity contribution in [3.05, 3.63) is 59.3 Å². The molecule has 1 aromatic heterocycles. The van der Waals surface area contributed by atoms with Crippen molar-refractivity contribution in [2.75, 3.05) is 33.5 Å². The van der Waals surface area contributed by atoms with Crippen molar-refractivity contribution in [2.45, 2.75) is 32.7 Å². The number of fused-ring (bicyclic) bond motifs is 1. The highest BCUT2D eigenvalue weighted by atomic mass is 16.5. The van der Waals surface area contributed by atoms with Crippen LogP contribution in [-0.2, 0) is 4.74 Å². The number of unbranched alkanes of at least 4 members (excludes halogenated alkanes) is 1. The maximum absolute atomic E-state index is 13.3. The summed E-state index contributed by atoms with van der Waals surface area (Å²) in [6, 6.07) is 12.4. The number of phenolic OH excluding ortho intramolecular Hbond substituents is 1. The third-order valence-electron chi connectivity index (χ3n) is 5.90. The molecule has 2 heterocycles. The van der Waals surface area contributed by atoms with Gasteiger partial charge in [-0.15, -0.1) is 0 Å². The number of rotatable bonds is 11. The zero-order valence-corrected chi connectivity index (χ0v) is 19.8. The van der Waals surface area contributed by atoms with Gasteiger partial charge in [-0.1, -0.05) is 31.5 Å². The Morgan fingerprint density at radius 2 is 1.91 bits per heavy atom. The van der Waals surface area contributed by atoms with Crippen molar-refractivity contribution in [1.82, 2.24) is 15.1 Å². The molecule has 0 spiro atoms. The minimum absolute atomic E-state index is 0.105. The van der Waals surface area contributed by atoms with Gasteiger partial charge in [0.25, 0.3) is 5.91 Å². The van der Waals surface area contributed by atoms with Gasteiger partial charge in [0.05, 0.1) is 25.9 Å². The van der Waals surface area contributed by atoms with Gasteiger partial charge in [-0.05, 0) is 43.2 Å². The second-order valence-electron chi connectivity index (χ2n) is 8.11. The Hall–Kier alpha value is -3.52. The molecule has 34 heavy (non-hydrogen) atoms. The van der Waals surface area contributed by atoms with Crippen LogP contribution in [0.2, 0.25) is 0 Å². The van der Waals surface area contributed by atoms with Crippen molar-refractivity contribution in [3.8, 4) is 28.5 Å². The van der Waals surface area contributed by atoms with Gasteiger partial charge in [-0.3, -0.25) is 9.89 Å². The van der Waals surface area contributed by atoms with Gasteiger partial charge in [-0.2, -0.15) is 5.10 Å². The number of aromatic amines is 1. The van der Waals surface area contributed by atoms with E-state index in [9.17, 15) is 9.90 Å². The molecule has 0 fully saturated rings. The van der Waals surface area contributed by atoms with Crippen molar-refractivity contribution in [1.29, 1.82) is 0 Å². The molecule has 0 saturated heterocycles. The predicted octanol–water partition coefficient (Wildman–Crippen LogP) is 4.55. The van der Waals surface area contributed by atoms with Crippen molar-refractivity contribution in [3.63, 3.8) is 0 Å². The van der Waals surface area contributed by atoms with Gasteiger partial charge < -0.3 is 24.2 Å². The van der Waals surface area contributed by atoms with Crippen LogP contribution in [-0.4, -0.2) is 59.6 Å². The van der Waals surface area contributed by atoms with Crippen molar-refractivity contribution >= 4 is 5.91 Å². The molecule has 1 amide bonds. The van der Waals surface area contributed by atoms with Gasteiger partial charge in [0.2, 0.25) is 0 Å². The lowest BCUT2D eigenvalue weighted by Gasteiger charge is -2.27. The standard InChI is InChI=1S/C26H31N3O5/c1-4-6-14-34-20-12-11-17(16-21(20)33-5-2)25-22-23(18-9-7-8-10-19(18)30)27-28-24(22)26(31)29(25)13-15-32-3/h7-12,16,25,30H,4-6,13-15H2,1-3H3,(H,27,28)/t25-/m1/s1. The molecule has 1 aliphatic heterocycles. The lowest BCUT2D eigenvalue weighted by molar-refractivity contribution is 0.0677. The molecule has 8 nitrogen and oxygen atoms in total. The molecule has 0 aliphatic carbocycles. The summed E-state index contributed by atoms with van der Waals surface area (Å²) in [5, 5.41) is 17.8. The lowest BCUT2D eigenvalue weighted by atomic mass is 9.95. The van der Waals surface area contributed by atoms with E-state index < -0.39 is 6.04 Å². The van der Waals surface area contributed by atoms with Crippen LogP contribution in [0.5, 0.6) is 17.2 Å². The summed E-state index contributed by atoms with van der Waals surface area (Å²) in [6.07, 6.45) is 2.00. The number of carbonyl (C=O) groups excluding carboxylic acids is 1. The van der Waals surface area contributed by atoms with Gasteiger partial charge in [0.15, 0.2) is 11.5 Å². The average Bonchev–Trinajstić information content (AvgIpc) is 3.38. The Morgan fingerprint density at radius 1 is 1.09 bits per heavy atom. The molecule has 1 aliphatic rings. The number of nitrogens with one attached hydrogen (secondary N) is 1. The number of H-pyrrole nitrogens is 1. The molecule has 4 rings (SSSR count). The highest BCUT2D eigenvalue weighted by molar-refractivity contribution is 6.00. The van der Waals surface area contributed by atoms with E-state index in [4.69, 9.17) is 14.2 Å². The molecular weight excluding hydrogens is 434 g/mol. The summed E-state index contributed by atoms with van der Waals surface area (Å²) in [5.41, 5.74) is 3.13. The normalized spacial score (nSPS) is 15.0. The zero-order chi connectivity index (χ0) is 24.1. The molecule has 1 atom stereocenters. The van der Waals surface area contributed by atoms with Gasteiger partial charge in [-0.25, -0.2) is 0 Å². The predicted molar refractivity (Wildman–Crippen MR) is 128 cm³/mol. The topological polar surface area (TPSA) is 96.9 Å². The van der Waals surface area contributed by atoms with Crippen LogP contribution in [0, 0.1) is 0 Å². The Labute approximate surface area is 199 Å². The third kappa shape index (κ3) is 4.46. The highest BCUT2D eigenvalue weighted by Crippen LogP contribution is 2.45. The largest absolute Gasteiger partial charge is 0.507 e. The fourth-order valence-electron chi connectivity index (χ4n) is 4.25. The maximum Gasteiger partial charge on any atom is 0.273 e.